The normalized spacial score (nSPS) is 22.3. The summed E-state index contributed by atoms with van der Waals surface area (Å²) in [5.74, 6) is 0.0624. The molecule has 0 spiro atoms. The lowest BCUT2D eigenvalue weighted by molar-refractivity contribution is -0.0361. The minimum Gasteiger partial charge on any atom is -0.379 e. The molecule has 1 aromatic heterocycles. The van der Waals surface area contributed by atoms with Crippen molar-refractivity contribution in [2.75, 3.05) is 32.8 Å². The maximum atomic E-state index is 13.3. The average molecular weight is 396 g/mol. The molecule has 2 N–H and O–H groups in total. The molecule has 5 heteroatoms. The minimum absolute atomic E-state index is 0.0624. The summed E-state index contributed by atoms with van der Waals surface area (Å²) >= 11 is 0. The molecule has 0 radical (unpaired) electrons. The highest BCUT2D eigenvalue weighted by atomic mass is 16.5. The smallest absolute Gasteiger partial charge is 0.253 e. The van der Waals surface area contributed by atoms with Gasteiger partial charge in [-0.3, -0.25) is 9.69 Å². The Hall–Kier alpha value is -1.85. The second-order valence-corrected chi connectivity index (χ2v) is 9.08. The van der Waals surface area contributed by atoms with Crippen LogP contribution in [0.1, 0.15) is 66.6 Å². The number of H-pyrrole nitrogens is 1. The van der Waals surface area contributed by atoms with E-state index in [-0.39, 0.29) is 11.4 Å². The second-order valence-electron chi connectivity index (χ2n) is 9.08. The van der Waals surface area contributed by atoms with Gasteiger partial charge >= 0.3 is 0 Å². The SMILES string of the molecule is O=C(NCC1(N2CCOCC2)CCCCC1)c1cccc2c3c([nH]c12)CCCC3. The van der Waals surface area contributed by atoms with E-state index in [0.717, 1.165) is 56.8 Å². The van der Waals surface area contributed by atoms with Crippen molar-refractivity contribution >= 4 is 16.8 Å². The quantitative estimate of drug-likeness (QED) is 0.828. The van der Waals surface area contributed by atoms with E-state index in [2.05, 4.69) is 21.3 Å². The predicted octanol–water partition coefficient (Wildman–Crippen LogP) is 3.81. The summed E-state index contributed by atoms with van der Waals surface area (Å²) in [5, 5.41) is 4.58. The van der Waals surface area contributed by atoms with Gasteiger partial charge in [0.25, 0.3) is 5.91 Å². The lowest BCUT2D eigenvalue weighted by atomic mass is 9.79. The van der Waals surface area contributed by atoms with Crippen LogP contribution in [0.5, 0.6) is 0 Å². The maximum absolute atomic E-state index is 13.3. The molecule has 156 valence electrons. The first-order valence-electron chi connectivity index (χ1n) is 11.5. The van der Waals surface area contributed by atoms with Crippen LogP contribution in [-0.2, 0) is 17.6 Å². The highest BCUT2D eigenvalue weighted by Gasteiger charge is 2.39. The van der Waals surface area contributed by atoms with E-state index in [1.165, 1.54) is 61.6 Å². The molecule has 3 aliphatic rings. The van der Waals surface area contributed by atoms with Gasteiger partial charge < -0.3 is 15.0 Å². The molecular formula is C24H33N3O2. The molecule has 2 aromatic rings. The molecule has 2 fully saturated rings. The lowest BCUT2D eigenvalue weighted by Gasteiger charge is -2.48. The molecule has 29 heavy (non-hydrogen) atoms. The zero-order chi connectivity index (χ0) is 19.7. The summed E-state index contributed by atoms with van der Waals surface area (Å²) in [6, 6.07) is 6.18. The number of hydrogen-bond acceptors (Lipinski definition) is 3. The Kier molecular flexibility index (Phi) is 5.35. The molecule has 0 bridgehead atoms. The van der Waals surface area contributed by atoms with Gasteiger partial charge in [-0.1, -0.05) is 31.4 Å². The van der Waals surface area contributed by atoms with E-state index in [0.29, 0.717) is 0 Å². The number of morpholine rings is 1. The van der Waals surface area contributed by atoms with E-state index in [1.807, 2.05) is 12.1 Å². The molecule has 0 atom stereocenters. The number of nitrogens with one attached hydrogen (secondary N) is 2. The van der Waals surface area contributed by atoms with Gasteiger partial charge in [0.05, 0.1) is 24.3 Å². The van der Waals surface area contributed by atoms with Crippen molar-refractivity contribution in [2.45, 2.75) is 63.3 Å². The third-order valence-corrected chi connectivity index (χ3v) is 7.42. The monoisotopic (exact) mass is 395 g/mol. The fourth-order valence-corrected chi connectivity index (χ4v) is 5.81. The number of amides is 1. The fourth-order valence-electron chi connectivity index (χ4n) is 5.81. The number of aromatic nitrogens is 1. The molecule has 0 unspecified atom stereocenters. The van der Waals surface area contributed by atoms with Crippen molar-refractivity contribution in [1.82, 2.24) is 15.2 Å². The van der Waals surface area contributed by atoms with Crippen LogP contribution in [0, 0.1) is 0 Å². The Bertz CT molecular complexity index is 876. The third kappa shape index (κ3) is 3.59. The van der Waals surface area contributed by atoms with Crippen LogP contribution < -0.4 is 5.32 Å². The first-order chi connectivity index (χ1) is 14.3. The Labute approximate surface area is 173 Å². The summed E-state index contributed by atoms with van der Waals surface area (Å²) in [6.07, 6.45) is 10.9. The number of benzene rings is 1. The number of para-hydroxylation sites is 1. The van der Waals surface area contributed by atoms with E-state index >= 15 is 0 Å². The van der Waals surface area contributed by atoms with E-state index in [1.54, 1.807) is 0 Å². The number of hydrogen-bond donors (Lipinski definition) is 2. The highest BCUT2D eigenvalue weighted by Crippen LogP contribution is 2.34. The molecule has 1 saturated heterocycles. The zero-order valence-corrected chi connectivity index (χ0v) is 17.4. The maximum Gasteiger partial charge on any atom is 0.253 e. The average Bonchev–Trinajstić information content (AvgIpc) is 3.17. The number of fused-ring (bicyclic) bond motifs is 3. The molecule has 1 amide bonds. The molecule has 2 aliphatic carbocycles. The van der Waals surface area contributed by atoms with E-state index in [9.17, 15) is 4.79 Å². The van der Waals surface area contributed by atoms with Crippen molar-refractivity contribution < 1.29 is 9.53 Å². The minimum atomic E-state index is 0.0624. The first-order valence-corrected chi connectivity index (χ1v) is 11.5. The van der Waals surface area contributed by atoms with Gasteiger partial charge in [0.15, 0.2) is 0 Å². The van der Waals surface area contributed by atoms with Crippen molar-refractivity contribution in [3.63, 3.8) is 0 Å². The molecule has 5 nitrogen and oxygen atoms in total. The van der Waals surface area contributed by atoms with E-state index < -0.39 is 0 Å². The van der Waals surface area contributed by atoms with Gasteiger partial charge in [0.1, 0.15) is 0 Å². The van der Waals surface area contributed by atoms with Crippen molar-refractivity contribution in [2.24, 2.45) is 0 Å². The Morgan fingerprint density at radius 3 is 2.69 bits per heavy atom. The van der Waals surface area contributed by atoms with Gasteiger partial charge in [0, 0.05) is 36.3 Å². The van der Waals surface area contributed by atoms with Gasteiger partial charge in [-0.15, -0.1) is 0 Å². The van der Waals surface area contributed by atoms with Crippen LogP contribution in [0.25, 0.3) is 10.9 Å². The largest absolute Gasteiger partial charge is 0.379 e. The highest BCUT2D eigenvalue weighted by molar-refractivity contribution is 6.06. The summed E-state index contributed by atoms with van der Waals surface area (Å²) in [6.45, 7) is 4.32. The van der Waals surface area contributed by atoms with Gasteiger partial charge in [0.2, 0.25) is 0 Å². The Balaban J connectivity index is 1.37. The molecule has 1 aromatic carbocycles. The number of carbonyl (C=O) groups is 1. The number of rotatable bonds is 4. The topological polar surface area (TPSA) is 57.4 Å². The number of carbonyl (C=O) groups excluding carboxylic acids is 1. The van der Waals surface area contributed by atoms with Crippen LogP contribution in [0.2, 0.25) is 0 Å². The standard InChI is InChI=1S/C24H33N3O2/c28-23(20-9-6-8-19-18-7-2-3-10-21(18)26-22(19)20)25-17-24(11-4-1-5-12-24)27-13-15-29-16-14-27/h6,8-9,26H,1-5,7,10-17H2,(H,25,28). The van der Waals surface area contributed by atoms with Gasteiger partial charge in [-0.25, -0.2) is 0 Å². The first kappa shape index (κ1) is 19.1. The van der Waals surface area contributed by atoms with Crippen molar-refractivity contribution in [3.8, 4) is 0 Å². The number of nitrogens with zero attached hydrogens (tertiary/aromatic N) is 1. The Morgan fingerprint density at radius 1 is 1.07 bits per heavy atom. The van der Waals surface area contributed by atoms with Crippen LogP contribution >= 0.6 is 0 Å². The number of aryl methyl sites for hydroxylation is 2. The summed E-state index contributed by atoms with van der Waals surface area (Å²) < 4.78 is 5.59. The number of aromatic amines is 1. The van der Waals surface area contributed by atoms with Gasteiger partial charge in [-0.05, 0) is 50.2 Å². The van der Waals surface area contributed by atoms with E-state index in [4.69, 9.17) is 4.74 Å². The summed E-state index contributed by atoms with van der Waals surface area (Å²) in [5.41, 5.74) is 4.69. The lowest BCUT2D eigenvalue weighted by Crippen LogP contribution is -2.59. The molecule has 5 rings (SSSR count). The van der Waals surface area contributed by atoms with Gasteiger partial charge in [-0.2, -0.15) is 0 Å². The number of ether oxygens (including phenoxy) is 1. The zero-order valence-electron chi connectivity index (χ0n) is 17.4. The third-order valence-electron chi connectivity index (χ3n) is 7.42. The molecule has 2 heterocycles. The van der Waals surface area contributed by atoms with Crippen molar-refractivity contribution in [1.29, 1.82) is 0 Å². The predicted molar refractivity (Wildman–Crippen MR) is 115 cm³/mol. The summed E-state index contributed by atoms with van der Waals surface area (Å²) in [7, 11) is 0. The van der Waals surface area contributed by atoms with Crippen molar-refractivity contribution in [3.05, 3.63) is 35.0 Å². The second kappa shape index (κ2) is 8.11. The molecular weight excluding hydrogens is 362 g/mol. The molecule has 1 saturated carbocycles. The fraction of sp³-hybridized carbons (Fsp3) is 0.625. The molecule has 1 aliphatic heterocycles. The summed E-state index contributed by atoms with van der Waals surface area (Å²) in [4.78, 5) is 19.4. The van der Waals surface area contributed by atoms with Crippen LogP contribution in [0.4, 0.5) is 0 Å². The van der Waals surface area contributed by atoms with Crippen LogP contribution in [-0.4, -0.2) is 54.2 Å². The van der Waals surface area contributed by atoms with Crippen LogP contribution in [0.3, 0.4) is 0 Å². The van der Waals surface area contributed by atoms with Crippen LogP contribution in [0.15, 0.2) is 18.2 Å². The Morgan fingerprint density at radius 2 is 1.86 bits per heavy atom.